The molecule has 0 saturated heterocycles. The van der Waals surface area contributed by atoms with Crippen LogP contribution in [-0.4, -0.2) is 27.8 Å². The number of fused-ring (bicyclic) bond motifs is 1. The van der Waals surface area contributed by atoms with Crippen molar-refractivity contribution < 1.29 is 18.9 Å². The lowest BCUT2D eigenvalue weighted by Gasteiger charge is -2.04. The van der Waals surface area contributed by atoms with E-state index < -0.39 is 10.9 Å². The van der Waals surface area contributed by atoms with Gasteiger partial charge in [0, 0.05) is 5.02 Å². The van der Waals surface area contributed by atoms with Gasteiger partial charge < -0.3 is 13.7 Å². The third-order valence-electron chi connectivity index (χ3n) is 3.65. The van der Waals surface area contributed by atoms with Crippen molar-refractivity contribution in [1.29, 1.82) is 0 Å². The molecule has 28 heavy (non-hydrogen) atoms. The number of thiazole rings is 1. The minimum atomic E-state index is -0.628. The highest BCUT2D eigenvalue weighted by Gasteiger charge is 2.14. The number of ether oxygens (including phenoxy) is 1. The summed E-state index contributed by atoms with van der Waals surface area (Å²) >= 11 is 7.35. The van der Waals surface area contributed by atoms with Gasteiger partial charge in [-0.05, 0) is 38.1 Å². The number of benzene rings is 1. The third-order valence-corrected chi connectivity index (χ3v) is 4.92. The minimum Gasteiger partial charge on any atom is -0.465 e. The molecule has 0 spiro atoms. The Morgan fingerprint density at radius 1 is 1.39 bits per heavy atom. The zero-order chi connectivity index (χ0) is 20.3. The van der Waals surface area contributed by atoms with Crippen LogP contribution in [0.15, 0.2) is 45.0 Å². The lowest BCUT2D eigenvalue weighted by molar-refractivity contribution is -0.402. The monoisotopic (exact) mass is 422 g/mol. The minimum absolute atomic E-state index is 0.0326. The second-order valence-corrected chi connectivity index (χ2v) is 7.01. The normalized spacial score (nSPS) is 12.5. The summed E-state index contributed by atoms with van der Waals surface area (Å²) < 4.78 is 12.6. The first kappa shape index (κ1) is 19.8. The van der Waals surface area contributed by atoms with Crippen molar-refractivity contribution in [1.82, 2.24) is 4.57 Å². The van der Waals surface area contributed by atoms with Gasteiger partial charge in [-0.2, -0.15) is 0 Å². The zero-order valence-corrected chi connectivity index (χ0v) is 16.5. The molecule has 9 nitrogen and oxygen atoms in total. The van der Waals surface area contributed by atoms with Crippen molar-refractivity contribution in [3.05, 3.63) is 56.0 Å². The Labute approximate surface area is 167 Å². The summed E-state index contributed by atoms with van der Waals surface area (Å²) in [5.41, 5.74) is 1.12. The van der Waals surface area contributed by atoms with Crippen LogP contribution in [0.2, 0.25) is 5.02 Å². The van der Waals surface area contributed by atoms with E-state index >= 15 is 0 Å². The van der Waals surface area contributed by atoms with Crippen LogP contribution in [0.3, 0.4) is 0 Å². The summed E-state index contributed by atoms with van der Waals surface area (Å²) in [5, 5.41) is 19.6. The van der Waals surface area contributed by atoms with Crippen molar-refractivity contribution in [2.75, 3.05) is 6.61 Å². The van der Waals surface area contributed by atoms with Crippen molar-refractivity contribution >= 4 is 50.7 Å². The molecule has 2 aromatic heterocycles. The van der Waals surface area contributed by atoms with E-state index in [9.17, 15) is 14.9 Å². The molecule has 0 atom stereocenters. The van der Waals surface area contributed by atoms with E-state index in [0.717, 1.165) is 10.2 Å². The number of rotatable bonds is 6. The van der Waals surface area contributed by atoms with Gasteiger partial charge in [0.15, 0.2) is 5.76 Å². The highest BCUT2D eigenvalue weighted by Crippen LogP contribution is 2.22. The summed E-state index contributed by atoms with van der Waals surface area (Å²) in [6.07, 6.45) is 0. The van der Waals surface area contributed by atoms with E-state index in [2.05, 4.69) is 10.2 Å². The molecule has 0 saturated carbocycles. The van der Waals surface area contributed by atoms with E-state index in [4.69, 9.17) is 20.8 Å². The second-order valence-electron chi connectivity index (χ2n) is 5.57. The van der Waals surface area contributed by atoms with Gasteiger partial charge in [-0.1, -0.05) is 22.9 Å². The van der Waals surface area contributed by atoms with Gasteiger partial charge in [0.25, 0.3) is 0 Å². The Kier molecular flexibility index (Phi) is 5.90. The predicted molar refractivity (Wildman–Crippen MR) is 105 cm³/mol. The summed E-state index contributed by atoms with van der Waals surface area (Å²) in [7, 11) is 0. The molecule has 0 aliphatic rings. The van der Waals surface area contributed by atoms with Crippen molar-refractivity contribution in [2.45, 2.75) is 20.4 Å². The molecule has 0 aliphatic heterocycles. The van der Waals surface area contributed by atoms with Gasteiger partial charge in [0.1, 0.15) is 17.2 Å². The van der Waals surface area contributed by atoms with E-state index in [1.807, 2.05) is 0 Å². The number of nitrogens with zero attached hydrogens (tertiary/aromatic N) is 4. The number of esters is 1. The SMILES string of the molecule is CCOC(=O)Cn1/c(=N\N=C(\C)c2ccc([N+](=O)[O-])o2)sc2cc(Cl)ccc21. The average molecular weight is 423 g/mol. The first-order valence-corrected chi connectivity index (χ1v) is 9.36. The summed E-state index contributed by atoms with van der Waals surface area (Å²) in [5.74, 6) is -0.545. The van der Waals surface area contributed by atoms with Gasteiger partial charge in [0.2, 0.25) is 4.80 Å². The van der Waals surface area contributed by atoms with E-state index in [-0.39, 0.29) is 24.8 Å². The number of carbonyl (C=O) groups is 1. The Morgan fingerprint density at radius 2 is 2.18 bits per heavy atom. The van der Waals surface area contributed by atoms with E-state index in [1.165, 1.54) is 23.5 Å². The number of furan rings is 1. The molecule has 3 aromatic rings. The van der Waals surface area contributed by atoms with Crippen LogP contribution in [0.5, 0.6) is 0 Å². The highest BCUT2D eigenvalue weighted by atomic mass is 35.5. The molecule has 0 bridgehead atoms. The average Bonchev–Trinajstić information content (AvgIpc) is 3.25. The van der Waals surface area contributed by atoms with E-state index in [1.54, 1.807) is 36.6 Å². The second kappa shape index (κ2) is 8.36. The number of hydrogen-bond acceptors (Lipinski definition) is 8. The molecule has 0 radical (unpaired) electrons. The van der Waals surface area contributed by atoms with Crippen LogP contribution in [-0.2, 0) is 16.1 Å². The maximum atomic E-state index is 12.0. The zero-order valence-electron chi connectivity index (χ0n) is 14.9. The molecule has 0 aliphatic carbocycles. The van der Waals surface area contributed by atoms with Crippen LogP contribution < -0.4 is 4.80 Å². The van der Waals surface area contributed by atoms with Crippen LogP contribution in [0.25, 0.3) is 10.2 Å². The Hall–Kier alpha value is -2.98. The summed E-state index contributed by atoms with van der Waals surface area (Å²) in [6.45, 7) is 3.59. The molecule has 0 unspecified atom stereocenters. The van der Waals surface area contributed by atoms with Crippen molar-refractivity contribution in [3.8, 4) is 0 Å². The fraction of sp³-hybridized carbons (Fsp3) is 0.235. The molecule has 1 aromatic carbocycles. The molecule has 0 N–H and O–H groups in total. The number of carbonyl (C=O) groups excluding carboxylic acids is 1. The molecule has 0 fully saturated rings. The predicted octanol–water partition coefficient (Wildman–Crippen LogP) is 3.75. The van der Waals surface area contributed by atoms with Crippen molar-refractivity contribution in [2.24, 2.45) is 10.2 Å². The fourth-order valence-electron chi connectivity index (χ4n) is 2.40. The lowest BCUT2D eigenvalue weighted by atomic mass is 10.3. The Bertz CT molecular complexity index is 1140. The smallest absolute Gasteiger partial charge is 0.433 e. The topological polar surface area (TPSA) is 112 Å². The molecular formula is C17H15ClN4O5S. The van der Waals surface area contributed by atoms with Crippen LogP contribution in [0.1, 0.15) is 19.6 Å². The van der Waals surface area contributed by atoms with Gasteiger partial charge in [-0.15, -0.1) is 10.2 Å². The van der Waals surface area contributed by atoms with E-state index in [0.29, 0.717) is 15.5 Å². The molecule has 11 heteroatoms. The highest BCUT2D eigenvalue weighted by molar-refractivity contribution is 7.16. The molecule has 146 valence electrons. The molecule has 2 heterocycles. The van der Waals surface area contributed by atoms with Gasteiger partial charge >= 0.3 is 11.9 Å². The van der Waals surface area contributed by atoms with Gasteiger partial charge in [0.05, 0.1) is 22.9 Å². The summed E-state index contributed by atoms with van der Waals surface area (Å²) in [6, 6.07) is 7.98. The number of halogens is 1. The maximum Gasteiger partial charge on any atom is 0.433 e. The molecular weight excluding hydrogens is 408 g/mol. The largest absolute Gasteiger partial charge is 0.465 e. The molecule has 0 amide bonds. The standard InChI is InChI=1S/C17H15ClN4O5S/c1-3-26-16(23)9-21-12-5-4-11(18)8-14(12)28-17(21)20-19-10(2)13-6-7-15(27-13)22(24)25/h4-8H,3,9H2,1-2H3/b19-10-,20-17+. The van der Waals surface area contributed by atoms with Gasteiger partial charge in [-0.25, -0.2) is 0 Å². The number of aromatic nitrogens is 1. The Balaban J connectivity index is 2.04. The first-order chi connectivity index (χ1) is 13.4. The quantitative estimate of drug-likeness (QED) is 0.260. The Morgan fingerprint density at radius 3 is 2.86 bits per heavy atom. The number of nitro groups is 1. The van der Waals surface area contributed by atoms with Gasteiger partial charge in [-0.3, -0.25) is 14.9 Å². The maximum absolute atomic E-state index is 12.0. The first-order valence-electron chi connectivity index (χ1n) is 8.16. The number of hydrogen-bond donors (Lipinski definition) is 0. The van der Waals surface area contributed by atoms with Crippen LogP contribution in [0, 0.1) is 10.1 Å². The lowest BCUT2D eigenvalue weighted by Crippen LogP contribution is -2.21. The van der Waals surface area contributed by atoms with Crippen LogP contribution in [0.4, 0.5) is 5.88 Å². The third kappa shape index (κ3) is 4.29. The summed E-state index contributed by atoms with van der Waals surface area (Å²) in [4.78, 5) is 22.5. The van der Waals surface area contributed by atoms with Crippen LogP contribution >= 0.6 is 22.9 Å². The fourth-order valence-corrected chi connectivity index (χ4v) is 3.66. The van der Waals surface area contributed by atoms with Crippen molar-refractivity contribution in [3.63, 3.8) is 0 Å². The molecule has 3 rings (SSSR count).